The Morgan fingerprint density at radius 1 is 0.955 bits per heavy atom. The summed E-state index contributed by atoms with van der Waals surface area (Å²) < 4.78 is 55.8. The first kappa shape index (κ1) is 15.7. The highest BCUT2D eigenvalue weighted by atomic mass is 19.2. The largest absolute Gasteiger partial charge is 0.314 e. The van der Waals surface area contributed by atoms with Crippen molar-refractivity contribution in [1.29, 1.82) is 0 Å². The highest BCUT2D eigenvalue weighted by Gasteiger charge is 2.37. The fourth-order valence-corrected chi connectivity index (χ4v) is 3.80. The molecule has 22 heavy (non-hydrogen) atoms. The summed E-state index contributed by atoms with van der Waals surface area (Å²) in [6.07, 6.45) is 3.67. The van der Waals surface area contributed by atoms with Crippen molar-refractivity contribution in [2.45, 2.75) is 31.7 Å². The molecule has 0 unspecified atom stereocenters. The first-order chi connectivity index (χ1) is 10.6. The number of rotatable bonds is 3. The summed E-state index contributed by atoms with van der Waals surface area (Å²) in [4.78, 5) is 1.97. The summed E-state index contributed by atoms with van der Waals surface area (Å²) in [7, 11) is 0. The summed E-state index contributed by atoms with van der Waals surface area (Å²) in [5.41, 5.74) is -0.425. The average Bonchev–Trinajstić information content (AvgIpc) is 3.04. The second kappa shape index (κ2) is 6.54. The van der Waals surface area contributed by atoms with E-state index in [9.17, 15) is 17.6 Å². The number of benzene rings is 1. The molecule has 1 saturated carbocycles. The molecule has 1 aromatic rings. The minimum absolute atomic E-state index is 0.0447. The Hall–Kier alpha value is -1.14. The molecule has 1 N–H and O–H groups in total. The zero-order valence-corrected chi connectivity index (χ0v) is 12.3. The third-order valence-electron chi connectivity index (χ3n) is 4.83. The SMILES string of the molecule is Fc1cc(F)c(F)c([C@H](C2CCCC2)N2CCNCC2)c1F. The molecule has 1 aliphatic heterocycles. The molecule has 2 nitrogen and oxygen atoms in total. The second-order valence-corrected chi connectivity index (χ2v) is 6.16. The second-order valence-electron chi connectivity index (χ2n) is 6.16. The molecule has 0 aromatic heterocycles. The monoisotopic (exact) mass is 316 g/mol. The predicted octanol–water partition coefficient (Wildman–Crippen LogP) is 3.38. The number of nitrogens with one attached hydrogen (secondary N) is 1. The van der Waals surface area contributed by atoms with Crippen LogP contribution in [-0.2, 0) is 0 Å². The van der Waals surface area contributed by atoms with Crippen LogP contribution in [-0.4, -0.2) is 31.1 Å². The van der Waals surface area contributed by atoms with Crippen LogP contribution < -0.4 is 5.32 Å². The molecule has 1 saturated heterocycles. The Balaban J connectivity index is 2.05. The van der Waals surface area contributed by atoms with Gasteiger partial charge >= 0.3 is 0 Å². The highest BCUT2D eigenvalue weighted by Crippen LogP contribution is 2.42. The maximum Gasteiger partial charge on any atom is 0.166 e. The van der Waals surface area contributed by atoms with Gasteiger partial charge in [0.05, 0.1) is 0 Å². The summed E-state index contributed by atoms with van der Waals surface area (Å²) in [5.74, 6) is -5.06. The van der Waals surface area contributed by atoms with Crippen molar-refractivity contribution in [3.8, 4) is 0 Å². The lowest BCUT2D eigenvalue weighted by Gasteiger charge is -2.38. The van der Waals surface area contributed by atoms with Gasteiger partial charge in [-0.3, -0.25) is 4.90 Å². The van der Waals surface area contributed by atoms with Crippen LogP contribution in [0, 0.1) is 29.2 Å². The lowest BCUT2D eigenvalue weighted by molar-refractivity contribution is 0.117. The van der Waals surface area contributed by atoms with Gasteiger partial charge in [0.15, 0.2) is 23.3 Å². The molecule has 2 fully saturated rings. The van der Waals surface area contributed by atoms with E-state index in [1.807, 2.05) is 4.90 Å². The van der Waals surface area contributed by atoms with Gasteiger partial charge in [0.2, 0.25) is 0 Å². The van der Waals surface area contributed by atoms with E-state index in [0.717, 1.165) is 25.7 Å². The van der Waals surface area contributed by atoms with E-state index in [1.165, 1.54) is 0 Å². The molecule has 122 valence electrons. The molecule has 3 rings (SSSR count). The van der Waals surface area contributed by atoms with E-state index in [2.05, 4.69) is 5.32 Å². The number of nitrogens with zero attached hydrogens (tertiary/aromatic N) is 1. The van der Waals surface area contributed by atoms with Gasteiger partial charge in [0.1, 0.15) is 0 Å². The van der Waals surface area contributed by atoms with Crippen molar-refractivity contribution in [2.75, 3.05) is 26.2 Å². The van der Waals surface area contributed by atoms with Crippen LogP contribution >= 0.6 is 0 Å². The topological polar surface area (TPSA) is 15.3 Å². The molecule has 1 atom stereocenters. The zero-order chi connectivity index (χ0) is 15.7. The molecule has 0 bridgehead atoms. The molecule has 1 aromatic carbocycles. The fourth-order valence-electron chi connectivity index (χ4n) is 3.80. The van der Waals surface area contributed by atoms with Gasteiger partial charge < -0.3 is 5.32 Å². The summed E-state index contributed by atoms with van der Waals surface area (Å²) in [6, 6.07) is -0.299. The van der Waals surface area contributed by atoms with Gasteiger partial charge in [0, 0.05) is 43.9 Å². The van der Waals surface area contributed by atoms with Crippen molar-refractivity contribution >= 4 is 0 Å². The standard InChI is InChI=1S/C16H20F4N2/c17-11-9-12(18)15(20)13(14(11)19)16(10-3-1-2-4-10)22-7-5-21-6-8-22/h9-10,16,21H,1-8H2/t16-/m0/s1. The molecule has 1 heterocycles. The first-order valence-corrected chi connectivity index (χ1v) is 7.87. The first-order valence-electron chi connectivity index (χ1n) is 7.87. The molecule has 1 aliphatic carbocycles. The Kier molecular flexibility index (Phi) is 4.68. The van der Waals surface area contributed by atoms with Crippen molar-refractivity contribution in [1.82, 2.24) is 10.2 Å². The van der Waals surface area contributed by atoms with Crippen LogP contribution in [0.5, 0.6) is 0 Å². The van der Waals surface area contributed by atoms with Crippen molar-refractivity contribution in [3.63, 3.8) is 0 Å². The minimum atomic E-state index is -1.31. The molecular weight excluding hydrogens is 296 g/mol. The van der Waals surface area contributed by atoms with E-state index in [-0.39, 0.29) is 12.0 Å². The lowest BCUT2D eigenvalue weighted by Crippen LogP contribution is -2.47. The molecule has 2 aliphatic rings. The Morgan fingerprint density at radius 2 is 1.50 bits per heavy atom. The molecular formula is C16H20F4N2. The van der Waals surface area contributed by atoms with Crippen LogP contribution in [0.4, 0.5) is 17.6 Å². The van der Waals surface area contributed by atoms with Crippen molar-refractivity contribution in [2.24, 2.45) is 5.92 Å². The molecule has 0 radical (unpaired) electrons. The quantitative estimate of drug-likeness (QED) is 0.679. The number of hydrogen-bond acceptors (Lipinski definition) is 2. The van der Waals surface area contributed by atoms with E-state index < -0.39 is 34.9 Å². The van der Waals surface area contributed by atoms with Crippen molar-refractivity contribution < 1.29 is 17.6 Å². The van der Waals surface area contributed by atoms with E-state index in [1.54, 1.807) is 0 Å². The maximum atomic E-state index is 14.3. The van der Waals surface area contributed by atoms with Gasteiger partial charge in [-0.25, -0.2) is 17.6 Å². The van der Waals surface area contributed by atoms with E-state index >= 15 is 0 Å². The highest BCUT2D eigenvalue weighted by molar-refractivity contribution is 5.27. The van der Waals surface area contributed by atoms with Gasteiger partial charge in [0.25, 0.3) is 0 Å². The van der Waals surface area contributed by atoms with Crippen LogP contribution in [0.15, 0.2) is 6.07 Å². The Labute approximate surface area is 127 Å². The summed E-state index contributed by atoms with van der Waals surface area (Å²) in [6.45, 7) is 2.67. The van der Waals surface area contributed by atoms with Crippen LogP contribution in [0.25, 0.3) is 0 Å². The molecule has 6 heteroatoms. The lowest BCUT2D eigenvalue weighted by atomic mass is 9.88. The maximum absolute atomic E-state index is 14.3. The Morgan fingerprint density at radius 3 is 2.05 bits per heavy atom. The number of hydrogen-bond donors (Lipinski definition) is 1. The zero-order valence-electron chi connectivity index (χ0n) is 12.3. The normalized spacial score (nSPS) is 22.2. The van der Waals surface area contributed by atoms with Gasteiger partial charge in [-0.15, -0.1) is 0 Å². The van der Waals surface area contributed by atoms with Gasteiger partial charge in [-0.05, 0) is 18.8 Å². The van der Waals surface area contributed by atoms with Crippen LogP contribution in [0.3, 0.4) is 0 Å². The average molecular weight is 316 g/mol. The van der Waals surface area contributed by atoms with Crippen molar-refractivity contribution in [3.05, 3.63) is 34.9 Å². The van der Waals surface area contributed by atoms with Gasteiger partial charge in [-0.1, -0.05) is 12.8 Å². The summed E-state index contributed by atoms with van der Waals surface area (Å²) in [5, 5.41) is 3.19. The Bertz CT molecular complexity index is 511. The number of piperazine rings is 1. The van der Waals surface area contributed by atoms with Crippen LogP contribution in [0.1, 0.15) is 37.3 Å². The molecule has 0 spiro atoms. The molecule has 0 amide bonds. The van der Waals surface area contributed by atoms with Crippen LogP contribution in [0.2, 0.25) is 0 Å². The smallest absolute Gasteiger partial charge is 0.166 e. The van der Waals surface area contributed by atoms with E-state index in [0.29, 0.717) is 26.2 Å². The third kappa shape index (κ3) is 2.86. The van der Waals surface area contributed by atoms with Gasteiger partial charge in [-0.2, -0.15) is 0 Å². The minimum Gasteiger partial charge on any atom is -0.314 e. The fraction of sp³-hybridized carbons (Fsp3) is 0.625. The predicted molar refractivity (Wildman–Crippen MR) is 75.4 cm³/mol. The number of halogens is 4. The van der Waals surface area contributed by atoms with E-state index in [4.69, 9.17) is 0 Å². The summed E-state index contributed by atoms with van der Waals surface area (Å²) >= 11 is 0. The third-order valence-corrected chi connectivity index (χ3v) is 4.83.